The average molecular weight is 490 g/mol. The van der Waals surface area contributed by atoms with E-state index in [-0.39, 0.29) is 35.6 Å². The Morgan fingerprint density at radius 2 is 1.89 bits per heavy atom. The van der Waals surface area contributed by atoms with Crippen LogP contribution in [0.25, 0.3) is 10.9 Å². The number of methoxy groups -OCH3 is 2. The molecule has 5 rings (SSSR count). The number of amides is 2. The average Bonchev–Trinajstić information content (AvgIpc) is 3.33. The van der Waals surface area contributed by atoms with Crippen LogP contribution in [0.15, 0.2) is 47.8 Å². The molecule has 3 aromatic rings. The molecule has 1 unspecified atom stereocenters. The Balaban J connectivity index is 1.79. The fraction of sp³-hybridized carbons (Fsp3) is 0.357. The van der Waals surface area contributed by atoms with Crippen LogP contribution in [-0.4, -0.2) is 47.2 Å². The number of anilines is 1. The Morgan fingerprint density at radius 3 is 2.50 bits per heavy atom. The molecule has 2 aromatic carbocycles. The number of hydrogen-bond donors (Lipinski definition) is 2. The molecule has 2 aliphatic rings. The van der Waals surface area contributed by atoms with Crippen LogP contribution < -0.4 is 14.8 Å². The van der Waals surface area contributed by atoms with E-state index in [9.17, 15) is 14.7 Å². The van der Waals surface area contributed by atoms with Crippen LogP contribution in [-0.2, 0) is 16.1 Å². The molecule has 0 saturated carbocycles. The Morgan fingerprint density at radius 1 is 1.19 bits per heavy atom. The van der Waals surface area contributed by atoms with Crippen LogP contribution in [0.1, 0.15) is 44.2 Å². The summed E-state index contributed by atoms with van der Waals surface area (Å²) >= 11 is 0. The lowest BCUT2D eigenvalue weighted by Gasteiger charge is -2.21. The van der Waals surface area contributed by atoms with Gasteiger partial charge in [-0.25, -0.2) is 0 Å². The molecular weight excluding hydrogens is 458 g/mol. The SMILES string of the molecule is COc1cc(C2C3=C(CN(C(C)=O)C3=O)Nc3cccc4c3c2cn4CCC(C)C)cc(OC)c1O. The van der Waals surface area contributed by atoms with Gasteiger partial charge in [0, 0.05) is 42.4 Å². The number of carbonyl (C=O) groups excluding carboxylic acids is 2. The highest BCUT2D eigenvalue weighted by Crippen LogP contribution is 2.49. The third kappa shape index (κ3) is 3.68. The standard InChI is InChI=1S/C28H31N3O5/c1-15(2)9-10-30-13-18-24(17-11-22(35-4)27(33)23(12-17)36-5)26-20(14-31(16(3)32)28(26)34)29-19-7-6-8-21(30)25(18)19/h6-8,11-13,15,24,29,33H,9-10,14H2,1-5H3. The Labute approximate surface area is 210 Å². The summed E-state index contributed by atoms with van der Waals surface area (Å²) in [4.78, 5) is 27.3. The van der Waals surface area contributed by atoms with E-state index in [0.29, 0.717) is 17.2 Å². The predicted molar refractivity (Wildman–Crippen MR) is 137 cm³/mol. The predicted octanol–water partition coefficient (Wildman–Crippen LogP) is 4.61. The molecule has 0 saturated heterocycles. The smallest absolute Gasteiger partial charge is 0.259 e. The molecule has 0 fully saturated rings. The highest BCUT2D eigenvalue weighted by molar-refractivity contribution is 6.11. The zero-order chi connectivity index (χ0) is 25.7. The van der Waals surface area contributed by atoms with Gasteiger partial charge in [0.2, 0.25) is 11.7 Å². The van der Waals surface area contributed by atoms with Gasteiger partial charge in [-0.2, -0.15) is 0 Å². The summed E-state index contributed by atoms with van der Waals surface area (Å²) in [5.74, 6) is -0.189. The van der Waals surface area contributed by atoms with Crippen molar-refractivity contribution in [3.8, 4) is 17.2 Å². The summed E-state index contributed by atoms with van der Waals surface area (Å²) < 4.78 is 13.1. The molecule has 2 amide bonds. The third-order valence-electron chi connectivity index (χ3n) is 7.10. The number of carbonyl (C=O) groups is 2. The lowest BCUT2D eigenvalue weighted by molar-refractivity contribution is -0.139. The Hall–Kier alpha value is -3.94. The molecule has 0 radical (unpaired) electrons. The van der Waals surface area contributed by atoms with Gasteiger partial charge in [0.15, 0.2) is 11.5 Å². The van der Waals surface area contributed by atoms with Gasteiger partial charge < -0.3 is 24.5 Å². The van der Waals surface area contributed by atoms with E-state index in [2.05, 4.69) is 36.0 Å². The highest BCUT2D eigenvalue weighted by Gasteiger charge is 2.42. The van der Waals surface area contributed by atoms with Crippen molar-refractivity contribution in [1.82, 2.24) is 9.47 Å². The first-order chi connectivity index (χ1) is 17.2. The van der Waals surface area contributed by atoms with Crippen LogP contribution >= 0.6 is 0 Å². The maximum atomic E-state index is 13.7. The summed E-state index contributed by atoms with van der Waals surface area (Å²) in [7, 11) is 2.96. The number of rotatable bonds is 6. The van der Waals surface area contributed by atoms with Gasteiger partial charge in [-0.1, -0.05) is 19.9 Å². The molecule has 0 aliphatic carbocycles. The van der Waals surface area contributed by atoms with Gasteiger partial charge in [0.1, 0.15) is 0 Å². The molecule has 8 nitrogen and oxygen atoms in total. The van der Waals surface area contributed by atoms with Crippen molar-refractivity contribution in [2.24, 2.45) is 5.92 Å². The van der Waals surface area contributed by atoms with Crippen LogP contribution in [0.5, 0.6) is 17.2 Å². The van der Waals surface area contributed by atoms with Crippen LogP contribution in [0.2, 0.25) is 0 Å². The second-order valence-corrected chi connectivity index (χ2v) is 9.79. The first kappa shape index (κ1) is 23.8. The lowest BCUT2D eigenvalue weighted by atomic mass is 9.84. The van der Waals surface area contributed by atoms with Gasteiger partial charge in [-0.05, 0) is 47.7 Å². The molecule has 1 aromatic heterocycles. The van der Waals surface area contributed by atoms with E-state index in [1.165, 1.54) is 26.0 Å². The summed E-state index contributed by atoms with van der Waals surface area (Å²) in [5.41, 5.74) is 4.87. The number of imide groups is 1. The van der Waals surface area contributed by atoms with Crippen molar-refractivity contribution < 1.29 is 24.2 Å². The Bertz CT molecular complexity index is 1390. The van der Waals surface area contributed by atoms with Gasteiger partial charge in [-0.15, -0.1) is 0 Å². The quantitative estimate of drug-likeness (QED) is 0.525. The summed E-state index contributed by atoms with van der Waals surface area (Å²) in [6.45, 7) is 6.82. The fourth-order valence-corrected chi connectivity index (χ4v) is 5.28. The number of hydrogen-bond acceptors (Lipinski definition) is 6. The molecule has 3 heterocycles. The zero-order valence-corrected chi connectivity index (χ0v) is 21.2. The molecule has 188 valence electrons. The minimum atomic E-state index is -0.501. The number of benzene rings is 2. The number of nitrogens with zero attached hydrogens (tertiary/aromatic N) is 2. The monoisotopic (exact) mass is 489 g/mol. The minimum Gasteiger partial charge on any atom is -0.502 e. The number of aromatic nitrogens is 1. The molecule has 36 heavy (non-hydrogen) atoms. The van der Waals surface area contributed by atoms with E-state index in [4.69, 9.17) is 9.47 Å². The molecule has 8 heteroatoms. The van der Waals surface area contributed by atoms with Gasteiger partial charge in [0.25, 0.3) is 5.91 Å². The lowest BCUT2D eigenvalue weighted by Crippen LogP contribution is -2.33. The first-order valence-corrected chi connectivity index (χ1v) is 12.1. The number of aryl methyl sites for hydroxylation is 1. The number of ether oxygens (including phenoxy) is 2. The van der Waals surface area contributed by atoms with Crippen molar-refractivity contribution in [1.29, 1.82) is 0 Å². The summed E-state index contributed by atoms with van der Waals surface area (Å²) in [5, 5.41) is 15.1. The van der Waals surface area contributed by atoms with Crippen LogP contribution in [0.3, 0.4) is 0 Å². The van der Waals surface area contributed by atoms with Gasteiger partial charge >= 0.3 is 0 Å². The van der Waals surface area contributed by atoms with Crippen LogP contribution in [0, 0.1) is 5.92 Å². The minimum absolute atomic E-state index is 0.104. The molecular formula is C28H31N3O5. The van der Waals surface area contributed by atoms with E-state index < -0.39 is 5.92 Å². The molecule has 2 N–H and O–H groups in total. The topological polar surface area (TPSA) is 93.0 Å². The number of nitrogens with one attached hydrogen (secondary N) is 1. The normalized spacial score (nSPS) is 16.9. The second kappa shape index (κ2) is 8.93. The molecule has 0 bridgehead atoms. The van der Waals surface area contributed by atoms with Crippen molar-refractivity contribution >= 4 is 28.4 Å². The fourth-order valence-electron chi connectivity index (χ4n) is 5.28. The highest BCUT2D eigenvalue weighted by atomic mass is 16.5. The maximum Gasteiger partial charge on any atom is 0.259 e. The maximum absolute atomic E-state index is 13.7. The van der Waals surface area contributed by atoms with E-state index in [0.717, 1.165) is 40.7 Å². The number of phenolic OH excluding ortho intramolecular Hbond substituents is 1. The van der Waals surface area contributed by atoms with Crippen molar-refractivity contribution in [2.75, 3.05) is 26.1 Å². The summed E-state index contributed by atoms with van der Waals surface area (Å²) in [6, 6.07) is 9.58. The van der Waals surface area contributed by atoms with Gasteiger partial charge in [0.05, 0.1) is 31.9 Å². The van der Waals surface area contributed by atoms with Crippen molar-refractivity contribution in [3.63, 3.8) is 0 Å². The van der Waals surface area contributed by atoms with E-state index in [1.807, 2.05) is 12.1 Å². The van der Waals surface area contributed by atoms with Crippen LogP contribution in [0.4, 0.5) is 5.69 Å². The zero-order valence-electron chi connectivity index (χ0n) is 21.2. The third-order valence-corrected chi connectivity index (χ3v) is 7.10. The van der Waals surface area contributed by atoms with E-state index in [1.54, 1.807) is 12.1 Å². The van der Waals surface area contributed by atoms with Crippen molar-refractivity contribution in [3.05, 3.63) is 58.9 Å². The second-order valence-electron chi connectivity index (χ2n) is 9.79. The number of aromatic hydroxyl groups is 1. The van der Waals surface area contributed by atoms with Gasteiger partial charge in [-0.3, -0.25) is 14.5 Å². The largest absolute Gasteiger partial charge is 0.502 e. The molecule has 2 aliphatic heterocycles. The molecule has 1 atom stereocenters. The molecule has 0 spiro atoms. The Kier molecular flexibility index (Phi) is 5.90. The number of phenols is 1. The summed E-state index contributed by atoms with van der Waals surface area (Å²) in [6.07, 6.45) is 3.13. The first-order valence-electron chi connectivity index (χ1n) is 12.1. The van der Waals surface area contributed by atoms with Crippen molar-refractivity contribution in [2.45, 2.75) is 39.7 Å². The van der Waals surface area contributed by atoms with E-state index >= 15 is 0 Å².